The van der Waals surface area contributed by atoms with E-state index in [1.807, 2.05) is 18.7 Å². The molecule has 0 bridgehead atoms. The summed E-state index contributed by atoms with van der Waals surface area (Å²) >= 11 is 1.84. The lowest BCUT2D eigenvalue weighted by Gasteiger charge is -2.22. The number of aliphatic carboxylic acids is 1. The second kappa shape index (κ2) is 9.08. The Labute approximate surface area is 113 Å². The molecule has 6 heteroatoms. The number of nitrogens with zero attached hydrogens (tertiary/aromatic N) is 1. The minimum absolute atomic E-state index is 0.110. The summed E-state index contributed by atoms with van der Waals surface area (Å²) in [5.74, 6) is 0.665. The average molecular weight is 276 g/mol. The van der Waals surface area contributed by atoms with Gasteiger partial charge in [0.2, 0.25) is 0 Å². The van der Waals surface area contributed by atoms with Crippen LogP contribution < -0.4 is 5.32 Å². The molecular weight excluding hydrogens is 252 g/mol. The lowest BCUT2D eigenvalue weighted by Crippen LogP contribution is -2.44. The van der Waals surface area contributed by atoms with E-state index in [1.165, 1.54) is 4.90 Å². The number of hydrogen-bond donors (Lipinski definition) is 2. The molecular formula is C12H24N2O3S. The van der Waals surface area contributed by atoms with Crippen LogP contribution in [0.15, 0.2) is 0 Å². The van der Waals surface area contributed by atoms with E-state index in [0.717, 1.165) is 17.9 Å². The molecule has 2 amide bonds. The third-order valence-electron chi connectivity index (χ3n) is 2.59. The maximum atomic E-state index is 11.8. The predicted octanol–water partition coefficient (Wildman–Crippen LogP) is 1.88. The summed E-state index contributed by atoms with van der Waals surface area (Å²) in [5.41, 5.74) is 0. The Morgan fingerprint density at radius 2 is 2.00 bits per heavy atom. The van der Waals surface area contributed by atoms with Crippen molar-refractivity contribution in [1.29, 1.82) is 0 Å². The van der Waals surface area contributed by atoms with Crippen LogP contribution in [0.3, 0.4) is 0 Å². The van der Waals surface area contributed by atoms with Crippen molar-refractivity contribution in [3.63, 3.8) is 0 Å². The van der Waals surface area contributed by atoms with Crippen LogP contribution in [0.2, 0.25) is 0 Å². The number of carbonyl (C=O) groups is 2. The molecule has 0 saturated carbocycles. The molecule has 0 fully saturated rings. The molecule has 0 aliphatic carbocycles. The molecule has 0 spiro atoms. The van der Waals surface area contributed by atoms with Gasteiger partial charge in [-0.3, -0.25) is 4.79 Å². The van der Waals surface area contributed by atoms with Gasteiger partial charge >= 0.3 is 12.0 Å². The molecule has 0 rings (SSSR count). The molecule has 2 unspecified atom stereocenters. The molecule has 18 heavy (non-hydrogen) atoms. The van der Waals surface area contributed by atoms with Crippen molar-refractivity contribution in [2.75, 3.05) is 25.1 Å². The molecule has 0 radical (unpaired) electrons. The third kappa shape index (κ3) is 7.42. The highest BCUT2D eigenvalue weighted by atomic mass is 32.2. The third-order valence-corrected chi connectivity index (χ3v) is 3.52. The highest BCUT2D eigenvalue weighted by Gasteiger charge is 2.18. The first-order chi connectivity index (χ1) is 8.38. The fourth-order valence-electron chi connectivity index (χ4n) is 1.37. The number of nitrogens with one attached hydrogen (secondary N) is 1. The van der Waals surface area contributed by atoms with Crippen molar-refractivity contribution < 1.29 is 14.7 Å². The van der Waals surface area contributed by atoms with Gasteiger partial charge in [-0.05, 0) is 24.9 Å². The van der Waals surface area contributed by atoms with Crippen LogP contribution >= 0.6 is 11.8 Å². The highest BCUT2D eigenvalue weighted by molar-refractivity contribution is 7.99. The molecule has 0 saturated heterocycles. The van der Waals surface area contributed by atoms with Crippen LogP contribution in [-0.4, -0.2) is 53.1 Å². The summed E-state index contributed by atoms with van der Waals surface area (Å²) in [6, 6.07) is -0.101. The quantitative estimate of drug-likeness (QED) is 0.664. The van der Waals surface area contributed by atoms with Crippen LogP contribution in [0, 0.1) is 5.92 Å². The van der Waals surface area contributed by atoms with E-state index in [2.05, 4.69) is 12.2 Å². The van der Waals surface area contributed by atoms with Gasteiger partial charge in [-0.25, -0.2) is 4.79 Å². The smallest absolute Gasteiger partial charge is 0.317 e. The van der Waals surface area contributed by atoms with Crippen molar-refractivity contribution in [3.05, 3.63) is 0 Å². The molecule has 0 aromatic carbocycles. The van der Waals surface area contributed by atoms with Gasteiger partial charge < -0.3 is 15.3 Å². The number of carboxylic acids is 1. The van der Waals surface area contributed by atoms with E-state index >= 15 is 0 Å². The first-order valence-electron chi connectivity index (χ1n) is 6.20. The number of amides is 2. The fraction of sp³-hybridized carbons (Fsp3) is 0.833. The molecule has 0 aliphatic rings. The van der Waals surface area contributed by atoms with Crippen molar-refractivity contribution in [3.8, 4) is 0 Å². The number of carboxylic acid groups (broad SMARTS) is 1. The number of urea groups is 1. The lowest BCUT2D eigenvalue weighted by molar-refractivity contribution is -0.141. The maximum absolute atomic E-state index is 11.8. The Balaban J connectivity index is 3.96. The monoisotopic (exact) mass is 276 g/mol. The molecule has 5 nitrogen and oxygen atoms in total. The van der Waals surface area contributed by atoms with Gasteiger partial charge in [-0.2, -0.15) is 11.8 Å². The summed E-state index contributed by atoms with van der Waals surface area (Å²) < 4.78 is 0. The summed E-state index contributed by atoms with van der Waals surface area (Å²) in [6.45, 7) is 5.88. The number of thioether (sulfide) groups is 1. The van der Waals surface area contributed by atoms with Gasteiger partial charge in [0, 0.05) is 19.6 Å². The summed E-state index contributed by atoms with van der Waals surface area (Å²) in [6.07, 6.45) is 0.923. The predicted molar refractivity (Wildman–Crippen MR) is 75.0 cm³/mol. The largest absolute Gasteiger partial charge is 0.481 e. The average Bonchev–Trinajstić information content (AvgIpc) is 2.28. The second-order valence-electron chi connectivity index (χ2n) is 4.46. The number of carbonyl (C=O) groups excluding carboxylic acids is 1. The first kappa shape index (κ1) is 17.1. The SMILES string of the molecule is CCSCCC(C)NC(=O)N(C)CC(C)C(=O)O. The van der Waals surface area contributed by atoms with Crippen LogP contribution in [0.1, 0.15) is 27.2 Å². The molecule has 0 heterocycles. The zero-order chi connectivity index (χ0) is 14.1. The maximum Gasteiger partial charge on any atom is 0.317 e. The topological polar surface area (TPSA) is 69.6 Å². The molecule has 0 aliphatic heterocycles. The number of rotatable bonds is 8. The Kier molecular flexibility index (Phi) is 8.62. The van der Waals surface area contributed by atoms with Gasteiger partial charge in [0.25, 0.3) is 0 Å². The van der Waals surface area contributed by atoms with Gasteiger partial charge in [0.05, 0.1) is 5.92 Å². The lowest BCUT2D eigenvalue weighted by atomic mass is 10.2. The Hall–Kier alpha value is -0.910. The highest BCUT2D eigenvalue weighted by Crippen LogP contribution is 2.04. The van der Waals surface area contributed by atoms with Crippen molar-refractivity contribution in [1.82, 2.24) is 10.2 Å². The molecule has 106 valence electrons. The van der Waals surface area contributed by atoms with Gasteiger partial charge in [-0.15, -0.1) is 0 Å². The van der Waals surface area contributed by atoms with E-state index in [9.17, 15) is 9.59 Å². The van der Waals surface area contributed by atoms with Crippen LogP contribution in [-0.2, 0) is 4.79 Å². The Morgan fingerprint density at radius 3 is 2.50 bits per heavy atom. The zero-order valence-corrected chi connectivity index (χ0v) is 12.4. The fourth-order valence-corrected chi connectivity index (χ4v) is 2.18. The van der Waals surface area contributed by atoms with Crippen molar-refractivity contribution in [2.24, 2.45) is 5.92 Å². The molecule has 2 N–H and O–H groups in total. The minimum atomic E-state index is -0.887. The minimum Gasteiger partial charge on any atom is -0.481 e. The standard InChI is InChI=1S/C12H24N2O3S/c1-5-18-7-6-10(3)13-12(17)14(4)8-9(2)11(15)16/h9-10H,5-8H2,1-4H3,(H,13,17)(H,15,16). The van der Waals surface area contributed by atoms with Gasteiger partial charge in [0.15, 0.2) is 0 Å². The van der Waals surface area contributed by atoms with Crippen LogP contribution in [0.5, 0.6) is 0 Å². The summed E-state index contributed by atoms with van der Waals surface area (Å²) in [5, 5.41) is 11.6. The van der Waals surface area contributed by atoms with E-state index in [0.29, 0.717) is 0 Å². The zero-order valence-electron chi connectivity index (χ0n) is 11.6. The van der Waals surface area contributed by atoms with E-state index in [-0.39, 0.29) is 18.6 Å². The van der Waals surface area contributed by atoms with Crippen molar-refractivity contribution in [2.45, 2.75) is 33.2 Å². The Bertz CT molecular complexity index is 274. The van der Waals surface area contributed by atoms with Crippen LogP contribution in [0.4, 0.5) is 4.79 Å². The summed E-state index contributed by atoms with van der Waals surface area (Å²) in [7, 11) is 1.61. The Morgan fingerprint density at radius 1 is 1.39 bits per heavy atom. The normalized spacial score (nSPS) is 13.8. The summed E-state index contributed by atoms with van der Waals surface area (Å²) in [4.78, 5) is 23.9. The van der Waals surface area contributed by atoms with Gasteiger partial charge in [-0.1, -0.05) is 13.8 Å². The molecule has 0 aromatic rings. The first-order valence-corrected chi connectivity index (χ1v) is 7.36. The van der Waals surface area contributed by atoms with E-state index < -0.39 is 11.9 Å². The van der Waals surface area contributed by atoms with Gasteiger partial charge in [0.1, 0.15) is 0 Å². The van der Waals surface area contributed by atoms with E-state index in [1.54, 1.807) is 14.0 Å². The van der Waals surface area contributed by atoms with Crippen molar-refractivity contribution >= 4 is 23.8 Å². The van der Waals surface area contributed by atoms with E-state index in [4.69, 9.17) is 5.11 Å². The number of hydrogen-bond acceptors (Lipinski definition) is 3. The van der Waals surface area contributed by atoms with Crippen LogP contribution in [0.25, 0.3) is 0 Å². The second-order valence-corrected chi connectivity index (χ2v) is 5.85. The molecule has 2 atom stereocenters. The molecule has 0 aromatic heterocycles.